The first-order valence-corrected chi connectivity index (χ1v) is 13.1. The molecule has 8 nitrogen and oxygen atoms in total. The molecular weight excluding hydrogens is 438 g/mol. The Hall–Kier alpha value is -2.49. The number of aryl methyl sites for hydroxylation is 1. The average molecular weight is 472 g/mol. The van der Waals surface area contributed by atoms with Crippen LogP contribution in [0.2, 0.25) is 0 Å². The molecule has 3 aromatic rings. The molecule has 0 spiro atoms. The molecule has 0 amide bonds. The van der Waals surface area contributed by atoms with Crippen LogP contribution in [0.1, 0.15) is 26.3 Å². The molecule has 1 aromatic carbocycles. The van der Waals surface area contributed by atoms with Crippen LogP contribution in [0.4, 0.5) is 0 Å². The lowest BCUT2D eigenvalue weighted by Crippen LogP contribution is -2.47. The maximum absolute atomic E-state index is 12.8. The lowest BCUT2D eigenvalue weighted by atomic mass is 9.97. The summed E-state index contributed by atoms with van der Waals surface area (Å²) in [6, 6.07) is 12.2. The monoisotopic (exact) mass is 471 g/mol. The molecule has 0 atom stereocenters. The van der Waals surface area contributed by atoms with E-state index in [4.69, 9.17) is 4.98 Å². The highest BCUT2D eigenvalue weighted by Crippen LogP contribution is 2.24. The molecule has 3 heterocycles. The molecule has 9 heteroatoms. The van der Waals surface area contributed by atoms with Crippen molar-refractivity contribution in [3.63, 3.8) is 0 Å². The molecule has 1 saturated heterocycles. The fourth-order valence-corrected chi connectivity index (χ4v) is 5.19. The van der Waals surface area contributed by atoms with E-state index in [1.807, 2.05) is 24.3 Å². The molecule has 0 aliphatic carbocycles. The number of hydrogen-bond acceptors (Lipinski definition) is 5. The van der Waals surface area contributed by atoms with Gasteiger partial charge in [-0.15, -0.1) is 0 Å². The summed E-state index contributed by atoms with van der Waals surface area (Å²) in [6.07, 6.45) is 1.27. The Bertz CT molecular complexity index is 1330. The van der Waals surface area contributed by atoms with Crippen molar-refractivity contribution in [2.75, 3.05) is 32.4 Å². The van der Waals surface area contributed by atoms with Crippen LogP contribution in [-0.4, -0.2) is 64.2 Å². The van der Waals surface area contributed by atoms with Gasteiger partial charge in [0.15, 0.2) is 5.65 Å². The van der Waals surface area contributed by atoms with Gasteiger partial charge in [0.25, 0.3) is 0 Å². The van der Waals surface area contributed by atoms with Gasteiger partial charge in [0, 0.05) is 51.9 Å². The van der Waals surface area contributed by atoms with E-state index in [2.05, 4.69) is 37.8 Å². The Morgan fingerprint density at radius 2 is 1.73 bits per heavy atom. The Morgan fingerprint density at radius 3 is 2.36 bits per heavy atom. The van der Waals surface area contributed by atoms with Crippen LogP contribution in [-0.2, 0) is 30.2 Å². The SMILES string of the molecule is Cn1c(=O)n(CC(C)(C)C)c2ccc(-c3cccc(CN4CCN(S(C)(=O)=O)CC4)c3)nc21. The summed E-state index contributed by atoms with van der Waals surface area (Å²) in [7, 11) is -1.35. The first-order chi connectivity index (χ1) is 15.4. The van der Waals surface area contributed by atoms with E-state index in [1.54, 1.807) is 16.2 Å². The second kappa shape index (κ2) is 8.70. The van der Waals surface area contributed by atoms with Gasteiger partial charge in [0.2, 0.25) is 10.0 Å². The number of piperazine rings is 1. The van der Waals surface area contributed by atoms with Crippen molar-refractivity contribution < 1.29 is 8.42 Å². The maximum Gasteiger partial charge on any atom is 0.330 e. The van der Waals surface area contributed by atoms with Gasteiger partial charge in [-0.05, 0) is 29.2 Å². The molecule has 0 bridgehead atoms. The number of fused-ring (bicyclic) bond motifs is 1. The van der Waals surface area contributed by atoms with Crippen molar-refractivity contribution >= 4 is 21.2 Å². The van der Waals surface area contributed by atoms with Crippen molar-refractivity contribution in [3.05, 3.63) is 52.4 Å². The van der Waals surface area contributed by atoms with Crippen molar-refractivity contribution in [3.8, 4) is 11.3 Å². The first-order valence-electron chi connectivity index (χ1n) is 11.3. The van der Waals surface area contributed by atoms with Gasteiger partial charge in [0.05, 0.1) is 17.5 Å². The maximum atomic E-state index is 12.8. The number of imidazole rings is 1. The molecule has 0 saturated carbocycles. The van der Waals surface area contributed by atoms with Gasteiger partial charge >= 0.3 is 5.69 Å². The van der Waals surface area contributed by atoms with Gasteiger partial charge in [-0.2, -0.15) is 4.31 Å². The zero-order chi connectivity index (χ0) is 24.0. The van der Waals surface area contributed by atoms with E-state index in [-0.39, 0.29) is 11.1 Å². The van der Waals surface area contributed by atoms with Crippen molar-refractivity contribution in [1.29, 1.82) is 0 Å². The van der Waals surface area contributed by atoms with Gasteiger partial charge < -0.3 is 0 Å². The number of aromatic nitrogens is 3. The smallest absolute Gasteiger partial charge is 0.296 e. The molecule has 1 aliphatic rings. The summed E-state index contributed by atoms with van der Waals surface area (Å²) in [4.78, 5) is 19.9. The third kappa shape index (κ3) is 5.20. The summed E-state index contributed by atoms with van der Waals surface area (Å²) in [5.74, 6) is 0. The van der Waals surface area contributed by atoms with E-state index in [0.29, 0.717) is 38.4 Å². The number of nitrogens with zero attached hydrogens (tertiary/aromatic N) is 5. The van der Waals surface area contributed by atoms with Gasteiger partial charge in [-0.3, -0.25) is 14.0 Å². The number of pyridine rings is 1. The zero-order valence-electron chi connectivity index (χ0n) is 20.1. The quantitative estimate of drug-likeness (QED) is 0.571. The molecule has 0 radical (unpaired) electrons. The normalized spacial score (nSPS) is 16.5. The van der Waals surface area contributed by atoms with Crippen LogP contribution >= 0.6 is 0 Å². The minimum atomic E-state index is -3.13. The van der Waals surface area contributed by atoms with E-state index < -0.39 is 10.0 Å². The third-order valence-electron chi connectivity index (χ3n) is 6.04. The van der Waals surface area contributed by atoms with E-state index in [1.165, 1.54) is 10.6 Å². The van der Waals surface area contributed by atoms with Crippen molar-refractivity contribution in [2.45, 2.75) is 33.9 Å². The molecule has 1 fully saturated rings. The van der Waals surface area contributed by atoms with Crippen molar-refractivity contribution in [1.82, 2.24) is 23.3 Å². The summed E-state index contributed by atoms with van der Waals surface area (Å²) < 4.78 is 28.4. The summed E-state index contributed by atoms with van der Waals surface area (Å²) in [6.45, 7) is 10.2. The topological polar surface area (TPSA) is 80.4 Å². The highest BCUT2D eigenvalue weighted by Gasteiger charge is 2.23. The Kier molecular flexibility index (Phi) is 6.24. The fraction of sp³-hybridized carbons (Fsp3) is 0.500. The van der Waals surface area contributed by atoms with Crippen LogP contribution in [0.15, 0.2) is 41.2 Å². The molecule has 4 rings (SSSR count). The number of sulfonamides is 1. The van der Waals surface area contributed by atoms with Gasteiger partial charge in [0.1, 0.15) is 0 Å². The summed E-state index contributed by atoms with van der Waals surface area (Å²) >= 11 is 0. The molecule has 0 unspecified atom stereocenters. The largest absolute Gasteiger partial charge is 0.330 e. The molecular formula is C24H33N5O3S. The lowest BCUT2D eigenvalue weighted by molar-refractivity contribution is 0.182. The number of benzene rings is 1. The van der Waals surface area contributed by atoms with E-state index in [9.17, 15) is 13.2 Å². The highest BCUT2D eigenvalue weighted by molar-refractivity contribution is 7.88. The standard InChI is InChI=1S/C24H33N5O3S/c1-24(2,3)17-29-21-10-9-20(25-22(21)26(4)23(29)30)19-8-6-7-18(15-19)16-27-11-13-28(14-12-27)33(5,31)32/h6-10,15H,11-14,16-17H2,1-5H3. The van der Waals surface area contributed by atoms with Crippen LogP contribution in [0.5, 0.6) is 0 Å². The van der Waals surface area contributed by atoms with E-state index >= 15 is 0 Å². The van der Waals surface area contributed by atoms with Crippen LogP contribution in [0.3, 0.4) is 0 Å². The van der Waals surface area contributed by atoms with Crippen LogP contribution in [0.25, 0.3) is 22.4 Å². The Morgan fingerprint density at radius 1 is 1.03 bits per heavy atom. The third-order valence-corrected chi connectivity index (χ3v) is 7.35. The summed E-state index contributed by atoms with van der Waals surface area (Å²) in [5, 5.41) is 0. The second-order valence-corrected chi connectivity index (χ2v) is 12.1. The zero-order valence-corrected chi connectivity index (χ0v) is 20.9. The molecule has 0 N–H and O–H groups in total. The highest BCUT2D eigenvalue weighted by atomic mass is 32.2. The van der Waals surface area contributed by atoms with Crippen LogP contribution in [0, 0.1) is 5.41 Å². The number of hydrogen-bond donors (Lipinski definition) is 0. The fourth-order valence-electron chi connectivity index (χ4n) is 4.37. The van der Waals surface area contributed by atoms with Crippen molar-refractivity contribution in [2.24, 2.45) is 12.5 Å². The predicted molar refractivity (Wildman–Crippen MR) is 132 cm³/mol. The molecule has 178 valence electrons. The minimum absolute atomic E-state index is 0.0160. The number of rotatable bonds is 5. The summed E-state index contributed by atoms with van der Waals surface area (Å²) in [5.41, 5.74) is 4.45. The van der Waals surface area contributed by atoms with Gasteiger partial charge in [-0.1, -0.05) is 39.0 Å². The molecule has 1 aliphatic heterocycles. The average Bonchev–Trinajstić information content (AvgIpc) is 2.97. The molecule has 33 heavy (non-hydrogen) atoms. The minimum Gasteiger partial charge on any atom is -0.296 e. The van der Waals surface area contributed by atoms with Gasteiger partial charge in [-0.25, -0.2) is 18.2 Å². The second-order valence-electron chi connectivity index (χ2n) is 10.2. The molecule has 2 aromatic heterocycles. The lowest BCUT2D eigenvalue weighted by Gasteiger charge is -2.33. The van der Waals surface area contributed by atoms with E-state index in [0.717, 1.165) is 28.9 Å². The first kappa shape index (κ1) is 23.7. The predicted octanol–water partition coefficient (Wildman–Crippen LogP) is 2.53. The van der Waals surface area contributed by atoms with Crippen LogP contribution < -0.4 is 5.69 Å². The Balaban J connectivity index is 1.57. The Labute approximate surface area is 195 Å².